The molecule has 7 nitrogen and oxygen atoms in total. The van der Waals surface area contributed by atoms with E-state index in [2.05, 4.69) is 26.6 Å². The summed E-state index contributed by atoms with van der Waals surface area (Å²) < 4.78 is 10.8. The van der Waals surface area contributed by atoms with Gasteiger partial charge in [0.05, 0.1) is 29.9 Å². The molecular weight excluding hydrogens is 487 g/mol. The van der Waals surface area contributed by atoms with Gasteiger partial charge in [-0.25, -0.2) is 0 Å². The van der Waals surface area contributed by atoms with E-state index >= 15 is 0 Å². The average Bonchev–Trinajstić information content (AvgIpc) is 2.67. The van der Waals surface area contributed by atoms with E-state index in [1.165, 1.54) is 13.2 Å². The standard InChI is InChI=1S/C19H17BrCl2N2O5/c1-28-16-5-3-12(21)9-15(16)24-17(25)6-7-19(27)29-10-18(26)23-14-4-2-11(20)8-13(14)22/h2-5,8-9H,6-7,10H2,1H3,(H,23,26)(H,24,25). The first-order valence-electron chi connectivity index (χ1n) is 8.32. The van der Waals surface area contributed by atoms with E-state index in [9.17, 15) is 14.4 Å². The fourth-order valence-electron chi connectivity index (χ4n) is 2.20. The largest absolute Gasteiger partial charge is 0.495 e. The molecule has 0 spiro atoms. The number of hydrogen-bond donors (Lipinski definition) is 2. The zero-order valence-electron chi connectivity index (χ0n) is 15.3. The van der Waals surface area contributed by atoms with Gasteiger partial charge in [0.25, 0.3) is 5.91 Å². The van der Waals surface area contributed by atoms with E-state index in [4.69, 9.17) is 32.7 Å². The Hall–Kier alpha value is -2.29. The van der Waals surface area contributed by atoms with Crippen LogP contribution in [0.4, 0.5) is 11.4 Å². The zero-order valence-corrected chi connectivity index (χ0v) is 18.4. The molecule has 0 heterocycles. The minimum atomic E-state index is -0.685. The maximum atomic E-state index is 12.0. The molecule has 0 aliphatic carbocycles. The predicted molar refractivity (Wildman–Crippen MR) is 115 cm³/mol. The molecule has 0 aromatic heterocycles. The van der Waals surface area contributed by atoms with Crippen molar-refractivity contribution in [2.75, 3.05) is 24.4 Å². The van der Waals surface area contributed by atoms with Crippen molar-refractivity contribution in [2.24, 2.45) is 0 Å². The molecule has 29 heavy (non-hydrogen) atoms. The molecule has 0 aliphatic rings. The van der Waals surface area contributed by atoms with Crippen LogP contribution in [0.1, 0.15) is 12.8 Å². The van der Waals surface area contributed by atoms with Crippen LogP contribution in [0.15, 0.2) is 40.9 Å². The first kappa shape index (κ1) is 23.0. The fourth-order valence-corrected chi connectivity index (χ4v) is 3.09. The van der Waals surface area contributed by atoms with E-state index < -0.39 is 24.4 Å². The second kappa shape index (κ2) is 11.0. The third-order valence-corrected chi connectivity index (χ3v) is 4.60. The average molecular weight is 504 g/mol. The molecule has 0 unspecified atom stereocenters. The molecule has 10 heteroatoms. The number of esters is 1. The Morgan fingerprint density at radius 2 is 1.69 bits per heavy atom. The van der Waals surface area contributed by atoms with E-state index in [1.807, 2.05) is 0 Å². The quantitative estimate of drug-likeness (QED) is 0.511. The summed E-state index contributed by atoms with van der Waals surface area (Å²) in [7, 11) is 1.46. The van der Waals surface area contributed by atoms with Crippen molar-refractivity contribution in [1.29, 1.82) is 0 Å². The highest BCUT2D eigenvalue weighted by molar-refractivity contribution is 9.10. The molecule has 2 rings (SSSR count). The zero-order chi connectivity index (χ0) is 21.4. The lowest BCUT2D eigenvalue weighted by Crippen LogP contribution is -2.22. The SMILES string of the molecule is COc1ccc(Cl)cc1NC(=O)CCC(=O)OCC(=O)Nc1ccc(Br)cc1Cl. The highest BCUT2D eigenvalue weighted by atomic mass is 79.9. The lowest BCUT2D eigenvalue weighted by molar-refractivity contribution is -0.147. The Morgan fingerprint density at radius 3 is 2.38 bits per heavy atom. The van der Waals surface area contributed by atoms with Crippen LogP contribution in [0.5, 0.6) is 5.75 Å². The molecule has 0 aliphatic heterocycles. The molecule has 0 radical (unpaired) electrons. The van der Waals surface area contributed by atoms with Crippen LogP contribution in [0, 0.1) is 0 Å². The number of benzene rings is 2. The molecule has 0 saturated carbocycles. The van der Waals surface area contributed by atoms with E-state index in [-0.39, 0.29) is 12.8 Å². The second-order valence-corrected chi connectivity index (χ2v) is 7.49. The molecule has 2 aromatic carbocycles. The molecule has 2 aromatic rings. The van der Waals surface area contributed by atoms with Gasteiger partial charge in [-0.05, 0) is 36.4 Å². The van der Waals surface area contributed by atoms with Crippen molar-refractivity contribution < 1.29 is 23.9 Å². The van der Waals surface area contributed by atoms with Crippen molar-refractivity contribution in [3.63, 3.8) is 0 Å². The lowest BCUT2D eigenvalue weighted by atomic mass is 10.2. The van der Waals surface area contributed by atoms with Crippen molar-refractivity contribution in [3.05, 3.63) is 50.9 Å². The van der Waals surface area contributed by atoms with Crippen LogP contribution >= 0.6 is 39.1 Å². The first-order chi connectivity index (χ1) is 13.8. The Morgan fingerprint density at radius 1 is 0.966 bits per heavy atom. The summed E-state index contributed by atoms with van der Waals surface area (Å²) in [4.78, 5) is 35.7. The number of halogens is 3. The first-order valence-corrected chi connectivity index (χ1v) is 9.87. The Bertz CT molecular complexity index is 923. The van der Waals surface area contributed by atoms with E-state index in [0.717, 1.165) is 4.47 Å². The highest BCUT2D eigenvalue weighted by Crippen LogP contribution is 2.28. The Balaban J connectivity index is 1.76. The summed E-state index contributed by atoms with van der Waals surface area (Å²) in [5.41, 5.74) is 0.787. The van der Waals surface area contributed by atoms with Crippen molar-refractivity contribution in [3.8, 4) is 5.75 Å². The van der Waals surface area contributed by atoms with Crippen molar-refractivity contribution in [2.45, 2.75) is 12.8 Å². The summed E-state index contributed by atoms with van der Waals surface area (Å²) in [6.45, 7) is -0.491. The molecule has 2 N–H and O–H groups in total. The number of anilines is 2. The molecular formula is C19H17BrCl2N2O5. The minimum absolute atomic E-state index is 0.130. The smallest absolute Gasteiger partial charge is 0.306 e. The fraction of sp³-hybridized carbons (Fsp3) is 0.211. The molecule has 0 bridgehead atoms. The van der Waals surface area contributed by atoms with Gasteiger partial charge in [0, 0.05) is 15.9 Å². The van der Waals surface area contributed by atoms with E-state index in [0.29, 0.717) is 27.2 Å². The third-order valence-electron chi connectivity index (χ3n) is 3.56. The maximum absolute atomic E-state index is 12.0. The van der Waals surface area contributed by atoms with Gasteiger partial charge in [0.2, 0.25) is 5.91 Å². The molecule has 0 fully saturated rings. The summed E-state index contributed by atoms with van der Waals surface area (Å²) >= 11 is 15.2. The van der Waals surface area contributed by atoms with Crippen LogP contribution in [0.3, 0.4) is 0 Å². The summed E-state index contributed by atoms with van der Waals surface area (Å²) in [6, 6.07) is 9.72. The van der Waals surface area contributed by atoms with Crippen LogP contribution in [0.25, 0.3) is 0 Å². The summed E-state index contributed by atoms with van der Waals surface area (Å²) in [6.07, 6.45) is -0.324. The predicted octanol–water partition coefficient (Wildman–Crippen LogP) is 4.67. The van der Waals surface area contributed by atoms with Crippen LogP contribution in [-0.4, -0.2) is 31.5 Å². The number of nitrogens with one attached hydrogen (secondary N) is 2. The number of carbonyl (C=O) groups excluding carboxylic acids is 3. The Kier molecular flexibility index (Phi) is 8.75. The number of hydrogen-bond acceptors (Lipinski definition) is 5. The Labute approximate surface area is 185 Å². The topological polar surface area (TPSA) is 93.7 Å². The van der Waals surface area contributed by atoms with Crippen molar-refractivity contribution in [1.82, 2.24) is 0 Å². The number of amides is 2. The number of carbonyl (C=O) groups is 3. The summed E-state index contributed by atoms with van der Waals surface area (Å²) in [5.74, 6) is -1.21. The van der Waals surface area contributed by atoms with Gasteiger partial charge in [0.1, 0.15) is 5.75 Å². The van der Waals surface area contributed by atoms with Gasteiger partial charge in [0.15, 0.2) is 6.61 Å². The number of methoxy groups -OCH3 is 1. The van der Waals surface area contributed by atoms with Crippen LogP contribution < -0.4 is 15.4 Å². The van der Waals surface area contributed by atoms with Crippen LogP contribution in [-0.2, 0) is 19.1 Å². The number of rotatable bonds is 8. The van der Waals surface area contributed by atoms with Gasteiger partial charge in [-0.3, -0.25) is 14.4 Å². The highest BCUT2D eigenvalue weighted by Gasteiger charge is 2.13. The second-order valence-electron chi connectivity index (χ2n) is 5.73. The van der Waals surface area contributed by atoms with Gasteiger partial charge >= 0.3 is 5.97 Å². The molecule has 0 atom stereocenters. The van der Waals surface area contributed by atoms with Crippen LogP contribution in [0.2, 0.25) is 10.0 Å². The number of ether oxygens (including phenoxy) is 2. The summed E-state index contributed by atoms with van der Waals surface area (Å²) in [5, 5.41) is 5.91. The van der Waals surface area contributed by atoms with Gasteiger partial charge in [-0.1, -0.05) is 39.1 Å². The van der Waals surface area contributed by atoms with Crippen molar-refractivity contribution >= 4 is 68.3 Å². The monoisotopic (exact) mass is 502 g/mol. The van der Waals surface area contributed by atoms with Gasteiger partial charge < -0.3 is 20.1 Å². The maximum Gasteiger partial charge on any atom is 0.306 e. The van der Waals surface area contributed by atoms with E-state index in [1.54, 1.807) is 30.3 Å². The molecule has 2 amide bonds. The minimum Gasteiger partial charge on any atom is -0.495 e. The lowest BCUT2D eigenvalue weighted by Gasteiger charge is -2.11. The van der Waals surface area contributed by atoms with Gasteiger partial charge in [-0.2, -0.15) is 0 Å². The van der Waals surface area contributed by atoms with Gasteiger partial charge in [-0.15, -0.1) is 0 Å². The third kappa shape index (κ3) is 7.56. The molecule has 0 saturated heterocycles. The normalized spacial score (nSPS) is 10.2. The molecule has 154 valence electrons.